The summed E-state index contributed by atoms with van der Waals surface area (Å²) in [7, 11) is 0. The van der Waals surface area contributed by atoms with E-state index in [9.17, 15) is 4.79 Å². The van der Waals surface area contributed by atoms with Gasteiger partial charge in [-0.2, -0.15) is 0 Å². The van der Waals surface area contributed by atoms with Crippen molar-refractivity contribution in [1.29, 1.82) is 0 Å². The third kappa shape index (κ3) is 3.15. The monoisotopic (exact) mass is 275 g/mol. The first-order chi connectivity index (χ1) is 10.3. The number of esters is 1. The largest absolute Gasteiger partial charge is 0.402 e. The minimum absolute atomic E-state index is 0.307. The van der Waals surface area contributed by atoms with E-state index in [0.29, 0.717) is 11.6 Å². The summed E-state index contributed by atoms with van der Waals surface area (Å²) in [4.78, 5) is 16.0. The second kappa shape index (κ2) is 6.01. The molecule has 0 spiro atoms. The third-order valence-electron chi connectivity index (χ3n) is 2.98. The van der Waals surface area contributed by atoms with Crippen molar-refractivity contribution in [3.63, 3.8) is 0 Å². The molecule has 0 N–H and O–H groups in total. The zero-order valence-corrected chi connectivity index (χ0v) is 11.3. The average molecular weight is 275 g/mol. The Labute approximate surface area is 122 Å². The highest BCUT2D eigenvalue weighted by Crippen LogP contribution is 2.16. The first kappa shape index (κ1) is 13.1. The van der Waals surface area contributed by atoms with Crippen molar-refractivity contribution in [3.05, 3.63) is 89.6 Å². The van der Waals surface area contributed by atoms with Crippen LogP contribution in [-0.2, 0) is 9.53 Å². The molecule has 0 amide bonds. The van der Waals surface area contributed by atoms with Crippen LogP contribution in [0, 0.1) is 0 Å². The Morgan fingerprint density at radius 3 is 2.29 bits per heavy atom. The first-order valence-electron chi connectivity index (χ1n) is 6.62. The lowest BCUT2D eigenvalue weighted by atomic mass is 10.2. The molecular weight excluding hydrogens is 262 g/mol. The highest BCUT2D eigenvalue weighted by molar-refractivity contribution is 6.11. The zero-order chi connectivity index (χ0) is 14.5. The van der Waals surface area contributed by atoms with Crippen LogP contribution in [0.3, 0.4) is 0 Å². The molecule has 0 saturated carbocycles. The van der Waals surface area contributed by atoms with Gasteiger partial charge < -0.3 is 4.74 Å². The minimum atomic E-state index is -0.424. The van der Waals surface area contributed by atoms with Gasteiger partial charge in [-0.15, -0.1) is 0 Å². The van der Waals surface area contributed by atoms with E-state index in [0.717, 1.165) is 11.1 Å². The molecule has 0 unspecified atom stereocenters. The SMILES string of the molecule is O=C1OC(c2ccccc2)=N/C1=C\C=C\c1ccccc1. The predicted molar refractivity (Wildman–Crippen MR) is 82.6 cm³/mol. The Kier molecular flexibility index (Phi) is 3.74. The highest BCUT2D eigenvalue weighted by atomic mass is 16.6. The normalized spacial score (nSPS) is 16.3. The van der Waals surface area contributed by atoms with Crippen molar-refractivity contribution in [2.75, 3.05) is 0 Å². The van der Waals surface area contributed by atoms with Crippen LogP contribution < -0.4 is 0 Å². The van der Waals surface area contributed by atoms with Gasteiger partial charge in [0.15, 0.2) is 5.70 Å². The van der Waals surface area contributed by atoms with Crippen molar-refractivity contribution >= 4 is 17.9 Å². The van der Waals surface area contributed by atoms with Crippen LogP contribution in [0.15, 0.2) is 83.5 Å². The quantitative estimate of drug-likeness (QED) is 0.634. The molecular formula is C18H13NO2. The molecule has 2 aromatic rings. The summed E-state index contributed by atoms with van der Waals surface area (Å²) in [5.41, 5.74) is 2.16. The maximum Gasteiger partial charge on any atom is 0.363 e. The first-order valence-corrected chi connectivity index (χ1v) is 6.62. The lowest BCUT2D eigenvalue weighted by molar-refractivity contribution is -0.130. The molecule has 0 saturated heterocycles. The van der Waals surface area contributed by atoms with Gasteiger partial charge in [-0.3, -0.25) is 0 Å². The Hall–Kier alpha value is -2.94. The van der Waals surface area contributed by atoms with Crippen molar-refractivity contribution in [2.24, 2.45) is 4.99 Å². The standard InChI is InChI=1S/C18H13NO2/c20-18-16(13-7-10-14-8-3-1-4-9-14)19-17(21-18)15-11-5-2-6-12-15/h1-13H/b10-7+,16-13-. The molecule has 0 aromatic heterocycles. The number of cyclic esters (lactones) is 1. The summed E-state index contributed by atoms with van der Waals surface area (Å²) >= 11 is 0. The van der Waals surface area contributed by atoms with E-state index in [1.54, 1.807) is 12.2 Å². The number of ether oxygens (including phenoxy) is 1. The summed E-state index contributed by atoms with van der Waals surface area (Å²) in [6.45, 7) is 0. The van der Waals surface area contributed by atoms with Crippen LogP contribution in [0.2, 0.25) is 0 Å². The number of benzene rings is 2. The van der Waals surface area contributed by atoms with E-state index in [1.807, 2.05) is 66.7 Å². The van der Waals surface area contributed by atoms with Crippen LogP contribution in [0.1, 0.15) is 11.1 Å². The van der Waals surface area contributed by atoms with Gasteiger partial charge in [0.25, 0.3) is 0 Å². The Bertz CT molecular complexity index is 728. The van der Waals surface area contributed by atoms with Crippen molar-refractivity contribution in [2.45, 2.75) is 0 Å². The Morgan fingerprint density at radius 1 is 0.905 bits per heavy atom. The maximum atomic E-state index is 11.8. The summed E-state index contributed by atoms with van der Waals surface area (Å²) < 4.78 is 5.17. The van der Waals surface area contributed by atoms with E-state index < -0.39 is 5.97 Å². The molecule has 3 nitrogen and oxygen atoms in total. The molecule has 3 rings (SSSR count). The third-order valence-corrected chi connectivity index (χ3v) is 2.98. The Balaban J connectivity index is 1.79. The van der Waals surface area contributed by atoms with Gasteiger partial charge in [0.1, 0.15) is 0 Å². The van der Waals surface area contributed by atoms with Crippen LogP contribution in [0.5, 0.6) is 0 Å². The molecule has 1 aliphatic heterocycles. The molecule has 21 heavy (non-hydrogen) atoms. The van der Waals surface area contributed by atoms with Gasteiger partial charge in [0.2, 0.25) is 5.90 Å². The average Bonchev–Trinajstić information content (AvgIpc) is 2.91. The predicted octanol–water partition coefficient (Wildman–Crippen LogP) is 3.59. The van der Waals surface area contributed by atoms with Crippen LogP contribution in [0.4, 0.5) is 0 Å². The second-order valence-electron chi connectivity index (χ2n) is 4.49. The van der Waals surface area contributed by atoms with Gasteiger partial charge in [-0.05, 0) is 23.8 Å². The molecule has 0 atom stereocenters. The number of aliphatic imine (C=N–C) groups is 1. The highest BCUT2D eigenvalue weighted by Gasteiger charge is 2.23. The summed E-state index contributed by atoms with van der Waals surface area (Å²) in [5.74, 6) is -0.0773. The minimum Gasteiger partial charge on any atom is -0.402 e. The zero-order valence-electron chi connectivity index (χ0n) is 11.3. The molecule has 0 bridgehead atoms. The number of hydrogen-bond acceptors (Lipinski definition) is 3. The summed E-state index contributed by atoms with van der Waals surface area (Å²) in [6.07, 6.45) is 5.37. The van der Waals surface area contributed by atoms with E-state index in [4.69, 9.17) is 4.74 Å². The smallest absolute Gasteiger partial charge is 0.363 e. The number of hydrogen-bond donors (Lipinski definition) is 0. The lowest BCUT2D eigenvalue weighted by Gasteiger charge is -1.97. The number of carbonyl (C=O) groups excluding carboxylic acids is 1. The molecule has 0 radical (unpaired) electrons. The van der Waals surface area contributed by atoms with Gasteiger partial charge >= 0.3 is 5.97 Å². The fourth-order valence-corrected chi connectivity index (χ4v) is 1.94. The van der Waals surface area contributed by atoms with E-state index in [2.05, 4.69) is 4.99 Å². The fraction of sp³-hybridized carbons (Fsp3) is 0. The van der Waals surface area contributed by atoms with Crippen molar-refractivity contribution < 1.29 is 9.53 Å². The molecule has 1 aliphatic rings. The van der Waals surface area contributed by atoms with E-state index >= 15 is 0 Å². The van der Waals surface area contributed by atoms with Gasteiger partial charge in [0, 0.05) is 5.56 Å². The van der Waals surface area contributed by atoms with Gasteiger partial charge in [-0.1, -0.05) is 60.7 Å². The number of nitrogens with zero attached hydrogens (tertiary/aromatic N) is 1. The van der Waals surface area contributed by atoms with Crippen molar-refractivity contribution in [3.8, 4) is 0 Å². The summed E-state index contributed by atoms with van der Waals surface area (Å²) in [5, 5.41) is 0. The van der Waals surface area contributed by atoms with E-state index in [1.165, 1.54) is 0 Å². The lowest BCUT2D eigenvalue weighted by Crippen LogP contribution is -2.04. The van der Waals surface area contributed by atoms with Crippen LogP contribution in [0.25, 0.3) is 6.08 Å². The molecule has 3 heteroatoms. The molecule has 1 heterocycles. The van der Waals surface area contributed by atoms with Gasteiger partial charge in [0.05, 0.1) is 0 Å². The maximum absolute atomic E-state index is 11.8. The van der Waals surface area contributed by atoms with Crippen LogP contribution in [-0.4, -0.2) is 11.9 Å². The topological polar surface area (TPSA) is 38.7 Å². The molecule has 2 aromatic carbocycles. The summed E-state index contributed by atoms with van der Waals surface area (Å²) in [6, 6.07) is 19.2. The molecule has 102 valence electrons. The number of allylic oxidation sites excluding steroid dienone is 2. The molecule has 0 aliphatic carbocycles. The number of rotatable bonds is 3. The van der Waals surface area contributed by atoms with Gasteiger partial charge in [-0.25, -0.2) is 9.79 Å². The molecule has 0 fully saturated rings. The Morgan fingerprint density at radius 2 is 1.57 bits per heavy atom. The fourth-order valence-electron chi connectivity index (χ4n) is 1.94. The second-order valence-corrected chi connectivity index (χ2v) is 4.49. The van der Waals surface area contributed by atoms with E-state index in [-0.39, 0.29) is 0 Å². The number of carbonyl (C=O) groups is 1. The van der Waals surface area contributed by atoms with Crippen LogP contribution >= 0.6 is 0 Å². The van der Waals surface area contributed by atoms with Crippen molar-refractivity contribution in [1.82, 2.24) is 0 Å².